The van der Waals surface area contributed by atoms with Crippen LogP contribution in [0.1, 0.15) is 0 Å². The van der Waals surface area contributed by atoms with Crippen molar-refractivity contribution in [3.8, 4) is 0 Å². The summed E-state index contributed by atoms with van der Waals surface area (Å²) in [5.74, 6) is 6.38. The van der Waals surface area contributed by atoms with E-state index in [1.165, 1.54) is 11.2 Å². The average Bonchev–Trinajstić information content (AvgIpc) is 2.28. The number of nitrogen functional groups attached to an aromatic ring is 1. The molecule has 7 heteroatoms. The van der Waals surface area contributed by atoms with Gasteiger partial charge in [0.1, 0.15) is 18.0 Å². The molecule has 3 N–H and O–H groups in total. The Morgan fingerprint density at radius 1 is 1.44 bits per heavy atom. The van der Waals surface area contributed by atoms with Crippen LogP contribution in [0.4, 0.5) is 11.6 Å². The number of hydrazine groups is 1. The number of anilines is 2. The fourth-order valence-electron chi connectivity index (χ4n) is 1.06. The highest BCUT2D eigenvalue weighted by Crippen LogP contribution is 2.11. The van der Waals surface area contributed by atoms with Crippen LogP contribution in [-0.4, -0.2) is 48.5 Å². The zero-order chi connectivity index (χ0) is 12.1. The number of carbonyl (C=O) groups excluding carboxylic acids is 1. The maximum absolute atomic E-state index is 11.5. The minimum atomic E-state index is 0.00312. The van der Waals surface area contributed by atoms with Crippen LogP contribution in [0.25, 0.3) is 0 Å². The third-order valence-electron chi connectivity index (χ3n) is 2.06. The molecule has 1 amide bonds. The molecule has 0 saturated carbocycles. The van der Waals surface area contributed by atoms with Crippen molar-refractivity contribution in [1.82, 2.24) is 14.9 Å². The molecular formula is C9H16N6O. The summed E-state index contributed by atoms with van der Waals surface area (Å²) in [5, 5.41) is 0. The maximum Gasteiger partial charge on any atom is 0.241 e. The molecule has 1 aromatic rings. The molecule has 0 unspecified atom stereocenters. The Hall–Kier alpha value is -1.89. The Kier molecular flexibility index (Phi) is 4.01. The first-order valence-corrected chi connectivity index (χ1v) is 4.74. The summed E-state index contributed by atoms with van der Waals surface area (Å²) in [6.45, 7) is 0.258. The first kappa shape index (κ1) is 12.2. The van der Waals surface area contributed by atoms with Crippen molar-refractivity contribution in [2.24, 2.45) is 5.84 Å². The van der Waals surface area contributed by atoms with E-state index in [0.717, 1.165) is 0 Å². The zero-order valence-corrected chi connectivity index (χ0v) is 9.64. The van der Waals surface area contributed by atoms with Crippen molar-refractivity contribution in [2.75, 3.05) is 38.0 Å². The Morgan fingerprint density at radius 2 is 2.12 bits per heavy atom. The lowest BCUT2D eigenvalue weighted by molar-refractivity contribution is -0.127. The van der Waals surface area contributed by atoms with Crippen molar-refractivity contribution in [3.63, 3.8) is 0 Å². The molecule has 1 rings (SSSR count). The Balaban J connectivity index is 2.72. The van der Waals surface area contributed by atoms with E-state index in [1.807, 2.05) is 0 Å². The third kappa shape index (κ3) is 3.06. The highest BCUT2D eigenvalue weighted by molar-refractivity contribution is 5.80. The molecule has 0 fully saturated rings. The van der Waals surface area contributed by atoms with Gasteiger partial charge >= 0.3 is 0 Å². The lowest BCUT2D eigenvalue weighted by atomic mass is 10.4. The summed E-state index contributed by atoms with van der Waals surface area (Å²) in [7, 11) is 5.20. The average molecular weight is 224 g/mol. The van der Waals surface area contributed by atoms with E-state index in [9.17, 15) is 4.79 Å². The number of aromatic nitrogens is 2. The number of hydrogen-bond acceptors (Lipinski definition) is 6. The number of rotatable bonds is 4. The molecule has 1 aromatic heterocycles. The van der Waals surface area contributed by atoms with Crippen LogP contribution >= 0.6 is 0 Å². The molecule has 0 aliphatic carbocycles. The summed E-state index contributed by atoms with van der Waals surface area (Å²) < 4.78 is 0. The number of hydrogen-bond donors (Lipinski definition) is 2. The quantitative estimate of drug-likeness (QED) is 0.519. The predicted molar refractivity (Wildman–Crippen MR) is 61.8 cm³/mol. The highest BCUT2D eigenvalue weighted by Gasteiger charge is 2.10. The van der Waals surface area contributed by atoms with Gasteiger partial charge in [0.15, 0.2) is 0 Å². The van der Waals surface area contributed by atoms with E-state index >= 15 is 0 Å². The Labute approximate surface area is 94.2 Å². The molecule has 7 nitrogen and oxygen atoms in total. The summed E-state index contributed by atoms with van der Waals surface area (Å²) in [4.78, 5) is 22.7. The van der Waals surface area contributed by atoms with E-state index in [1.54, 1.807) is 32.1 Å². The van der Waals surface area contributed by atoms with E-state index in [-0.39, 0.29) is 12.5 Å². The number of likely N-dealkylation sites (N-methyl/N-ethyl adjacent to an activating group) is 2. The molecule has 0 spiro atoms. The van der Waals surface area contributed by atoms with Gasteiger partial charge < -0.3 is 15.2 Å². The molecular weight excluding hydrogens is 208 g/mol. The van der Waals surface area contributed by atoms with Gasteiger partial charge in [-0.25, -0.2) is 15.8 Å². The Bertz CT molecular complexity index is 367. The minimum Gasteiger partial charge on any atom is -0.350 e. The van der Waals surface area contributed by atoms with E-state index in [0.29, 0.717) is 11.6 Å². The molecule has 0 aliphatic heterocycles. The van der Waals surface area contributed by atoms with E-state index in [4.69, 9.17) is 5.84 Å². The summed E-state index contributed by atoms with van der Waals surface area (Å²) in [5.41, 5.74) is 2.43. The maximum atomic E-state index is 11.5. The second-order valence-electron chi connectivity index (χ2n) is 3.55. The summed E-state index contributed by atoms with van der Waals surface area (Å²) >= 11 is 0. The zero-order valence-electron chi connectivity index (χ0n) is 9.64. The molecule has 0 aliphatic rings. The predicted octanol–water partition coefficient (Wildman–Crippen LogP) is -0.713. The van der Waals surface area contributed by atoms with Crippen LogP contribution in [0.3, 0.4) is 0 Å². The van der Waals surface area contributed by atoms with Crippen LogP contribution < -0.4 is 16.2 Å². The van der Waals surface area contributed by atoms with Gasteiger partial charge in [-0.2, -0.15) is 0 Å². The first-order chi connectivity index (χ1) is 7.54. The van der Waals surface area contributed by atoms with Crippen LogP contribution in [0.5, 0.6) is 0 Å². The molecule has 0 saturated heterocycles. The van der Waals surface area contributed by atoms with Crippen LogP contribution in [0.2, 0.25) is 0 Å². The largest absolute Gasteiger partial charge is 0.350 e. The standard InChI is InChI=1S/C9H16N6O/c1-14(2)9(16)5-15(3)8-4-7(13-10)11-6-12-8/h4,6H,5,10H2,1-3H3,(H,11,12,13). The third-order valence-corrected chi connectivity index (χ3v) is 2.06. The van der Waals surface area contributed by atoms with Crippen molar-refractivity contribution in [2.45, 2.75) is 0 Å². The normalized spacial score (nSPS) is 9.75. The highest BCUT2D eigenvalue weighted by atomic mass is 16.2. The van der Waals surface area contributed by atoms with Crippen molar-refractivity contribution in [1.29, 1.82) is 0 Å². The van der Waals surface area contributed by atoms with Crippen molar-refractivity contribution in [3.05, 3.63) is 12.4 Å². The van der Waals surface area contributed by atoms with Gasteiger partial charge in [-0.3, -0.25) is 4.79 Å². The van der Waals surface area contributed by atoms with Crippen LogP contribution in [0, 0.1) is 0 Å². The summed E-state index contributed by atoms with van der Waals surface area (Å²) in [6.07, 6.45) is 1.39. The monoisotopic (exact) mass is 224 g/mol. The lowest BCUT2D eigenvalue weighted by Crippen LogP contribution is -2.34. The number of carbonyl (C=O) groups is 1. The second kappa shape index (κ2) is 5.26. The van der Waals surface area contributed by atoms with Crippen LogP contribution in [-0.2, 0) is 4.79 Å². The van der Waals surface area contributed by atoms with Gasteiger partial charge in [0.05, 0.1) is 6.54 Å². The smallest absolute Gasteiger partial charge is 0.241 e. The molecule has 1 heterocycles. The fourth-order valence-corrected chi connectivity index (χ4v) is 1.06. The van der Waals surface area contributed by atoms with E-state index in [2.05, 4.69) is 15.4 Å². The molecule has 0 atom stereocenters. The molecule has 0 radical (unpaired) electrons. The SMILES string of the molecule is CN(C)C(=O)CN(C)c1cc(NN)ncn1. The Morgan fingerprint density at radius 3 is 2.69 bits per heavy atom. The van der Waals surface area contributed by atoms with Gasteiger partial charge in [-0.1, -0.05) is 0 Å². The number of amides is 1. The van der Waals surface area contributed by atoms with Crippen LogP contribution in [0.15, 0.2) is 12.4 Å². The minimum absolute atomic E-state index is 0.00312. The van der Waals surface area contributed by atoms with Gasteiger partial charge in [-0.15, -0.1) is 0 Å². The number of nitrogens with one attached hydrogen (secondary N) is 1. The summed E-state index contributed by atoms with van der Waals surface area (Å²) in [6, 6.07) is 1.67. The van der Waals surface area contributed by atoms with E-state index < -0.39 is 0 Å². The topological polar surface area (TPSA) is 87.4 Å². The fraction of sp³-hybridized carbons (Fsp3) is 0.444. The number of nitrogens with zero attached hydrogens (tertiary/aromatic N) is 4. The van der Waals surface area contributed by atoms with Crippen molar-refractivity contribution < 1.29 is 4.79 Å². The van der Waals surface area contributed by atoms with Crippen molar-refractivity contribution >= 4 is 17.5 Å². The van der Waals surface area contributed by atoms with Gasteiger partial charge in [0.2, 0.25) is 5.91 Å². The first-order valence-electron chi connectivity index (χ1n) is 4.74. The lowest BCUT2D eigenvalue weighted by Gasteiger charge is -2.20. The second-order valence-corrected chi connectivity index (χ2v) is 3.55. The van der Waals surface area contributed by atoms with Gasteiger partial charge in [-0.05, 0) is 0 Å². The molecule has 16 heavy (non-hydrogen) atoms. The molecule has 0 aromatic carbocycles. The van der Waals surface area contributed by atoms with Gasteiger partial charge in [0.25, 0.3) is 0 Å². The molecule has 88 valence electrons. The van der Waals surface area contributed by atoms with Gasteiger partial charge in [0, 0.05) is 27.2 Å². The number of nitrogens with two attached hydrogens (primary N) is 1. The molecule has 0 bridgehead atoms.